The lowest BCUT2D eigenvalue weighted by molar-refractivity contribution is 0.269. The van der Waals surface area contributed by atoms with Crippen molar-refractivity contribution in [3.8, 4) is 11.1 Å². The summed E-state index contributed by atoms with van der Waals surface area (Å²) < 4.78 is 0. The average molecular weight is 293 g/mol. The number of nitrogens with one attached hydrogen (secondary N) is 1. The molecule has 2 aromatic rings. The maximum Gasteiger partial charge on any atom is 0.0273 e. The summed E-state index contributed by atoms with van der Waals surface area (Å²) >= 11 is 0. The molecule has 1 atom stereocenters. The highest BCUT2D eigenvalue weighted by Crippen LogP contribution is 2.36. The molecule has 0 bridgehead atoms. The largest absolute Gasteiger partial charge is 0.316 e. The molecule has 0 aliphatic carbocycles. The van der Waals surface area contributed by atoms with Crippen LogP contribution in [0.1, 0.15) is 18.4 Å². The Balaban J connectivity index is 1.48. The van der Waals surface area contributed by atoms with E-state index in [1.807, 2.05) is 12.4 Å². The molecule has 3 heterocycles. The molecule has 3 heteroatoms. The van der Waals surface area contributed by atoms with Crippen LogP contribution < -0.4 is 5.32 Å². The fourth-order valence-electron chi connectivity index (χ4n) is 3.96. The van der Waals surface area contributed by atoms with E-state index in [2.05, 4.69) is 51.6 Å². The van der Waals surface area contributed by atoms with Crippen LogP contribution in [-0.4, -0.2) is 36.1 Å². The normalized spacial score (nSPS) is 25.1. The van der Waals surface area contributed by atoms with Crippen molar-refractivity contribution in [2.24, 2.45) is 5.41 Å². The molecule has 4 rings (SSSR count). The fourth-order valence-corrected chi connectivity index (χ4v) is 3.96. The molecule has 1 spiro atoms. The maximum absolute atomic E-state index is 4.10. The summed E-state index contributed by atoms with van der Waals surface area (Å²) in [6.07, 6.45) is 6.42. The molecule has 0 saturated carbocycles. The summed E-state index contributed by atoms with van der Waals surface area (Å²) in [6, 6.07) is 13.1. The first-order chi connectivity index (χ1) is 10.8. The first kappa shape index (κ1) is 13.9. The summed E-state index contributed by atoms with van der Waals surface area (Å²) in [5, 5.41) is 3.54. The van der Waals surface area contributed by atoms with Gasteiger partial charge in [-0.3, -0.25) is 9.88 Å². The predicted molar refractivity (Wildman–Crippen MR) is 89.5 cm³/mol. The van der Waals surface area contributed by atoms with E-state index in [1.165, 1.54) is 55.7 Å². The van der Waals surface area contributed by atoms with Crippen LogP contribution in [0.4, 0.5) is 0 Å². The van der Waals surface area contributed by atoms with E-state index in [4.69, 9.17) is 0 Å². The van der Waals surface area contributed by atoms with E-state index in [0.29, 0.717) is 5.41 Å². The van der Waals surface area contributed by atoms with Crippen LogP contribution in [0.5, 0.6) is 0 Å². The van der Waals surface area contributed by atoms with Crippen molar-refractivity contribution in [1.29, 1.82) is 0 Å². The second-order valence-electron chi connectivity index (χ2n) is 6.82. The number of nitrogens with zero attached hydrogens (tertiary/aromatic N) is 2. The maximum atomic E-state index is 4.10. The second kappa shape index (κ2) is 5.82. The van der Waals surface area contributed by atoms with Gasteiger partial charge in [-0.2, -0.15) is 0 Å². The SMILES string of the molecule is c1cc(CN2CCC3(CCNC3)C2)cc(-c2ccncc2)c1. The Morgan fingerprint density at radius 1 is 1.09 bits per heavy atom. The Kier molecular flexibility index (Phi) is 3.68. The standard InChI is InChI=1S/C19H23N3/c1-2-16(12-18(3-1)17-4-8-20-9-5-17)13-22-11-7-19(15-22)6-10-21-14-19/h1-5,8-9,12,21H,6-7,10-11,13-15H2. The Labute approximate surface area is 132 Å². The molecule has 0 radical (unpaired) electrons. The van der Waals surface area contributed by atoms with E-state index < -0.39 is 0 Å². The summed E-state index contributed by atoms with van der Waals surface area (Å²) in [7, 11) is 0. The molecular formula is C19H23N3. The van der Waals surface area contributed by atoms with Gasteiger partial charge in [-0.1, -0.05) is 18.2 Å². The predicted octanol–water partition coefficient (Wildman–Crippen LogP) is 2.93. The highest BCUT2D eigenvalue weighted by atomic mass is 15.2. The monoisotopic (exact) mass is 293 g/mol. The lowest BCUT2D eigenvalue weighted by Gasteiger charge is -2.23. The number of rotatable bonds is 3. The summed E-state index contributed by atoms with van der Waals surface area (Å²) in [4.78, 5) is 6.73. The molecule has 114 valence electrons. The van der Waals surface area contributed by atoms with Gasteiger partial charge in [0.15, 0.2) is 0 Å². The summed E-state index contributed by atoms with van der Waals surface area (Å²) in [6.45, 7) is 5.97. The smallest absolute Gasteiger partial charge is 0.0273 e. The van der Waals surface area contributed by atoms with Gasteiger partial charge in [0.2, 0.25) is 0 Å². The first-order valence-corrected chi connectivity index (χ1v) is 8.26. The molecule has 22 heavy (non-hydrogen) atoms. The minimum absolute atomic E-state index is 0.558. The van der Waals surface area contributed by atoms with E-state index in [9.17, 15) is 0 Å². The molecule has 3 nitrogen and oxygen atoms in total. The minimum atomic E-state index is 0.558. The number of hydrogen-bond donors (Lipinski definition) is 1. The van der Waals surface area contributed by atoms with Crippen LogP contribution in [0.25, 0.3) is 11.1 Å². The number of hydrogen-bond acceptors (Lipinski definition) is 3. The second-order valence-corrected chi connectivity index (χ2v) is 6.82. The Bertz CT molecular complexity index is 632. The molecule has 1 N–H and O–H groups in total. The van der Waals surface area contributed by atoms with Crippen LogP contribution in [-0.2, 0) is 6.54 Å². The molecule has 2 saturated heterocycles. The lowest BCUT2D eigenvalue weighted by atomic mass is 9.86. The summed E-state index contributed by atoms with van der Waals surface area (Å²) in [5.41, 5.74) is 4.51. The topological polar surface area (TPSA) is 28.2 Å². The van der Waals surface area contributed by atoms with Crippen LogP contribution in [0.3, 0.4) is 0 Å². The first-order valence-electron chi connectivity index (χ1n) is 8.26. The van der Waals surface area contributed by atoms with Crippen LogP contribution in [0.15, 0.2) is 48.8 Å². The zero-order valence-corrected chi connectivity index (χ0v) is 13.0. The van der Waals surface area contributed by atoms with E-state index in [0.717, 1.165) is 6.54 Å². The van der Waals surface area contributed by atoms with Gasteiger partial charge >= 0.3 is 0 Å². The van der Waals surface area contributed by atoms with Gasteiger partial charge in [0.1, 0.15) is 0 Å². The van der Waals surface area contributed by atoms with Crippen molar-refractivity contribution < 1.29 is 0 Å². The number of benzene rings is 1. The third-order valence-corrected chi connectivity index (χ3v) is 5.20. The van der Waals surface area contributed by atoms with Crippen molar-refractivity contribution in [1.82, 2.24) is 15.2 Å². The average Bonchev–Trinajstić information content (AvgIpc) is 3.19. The zero-order chi connectivity index (χ0) is 14.8. The highest BCUT2D eigenvalue weighted by Gasteiger charge is 2.39. The van der Waals surface area contributed by atoms with Crippen molar-refractivity contribution >= 4 is 0 Å². The van der Waals surface area contributed by atoms with Crippen molar-refractivity contribution in [2.75, 3.05) is 26.2 Å². The molecule has 2 aliphatic rings. The van der Waals surface area contributed by atoms with Gasteiger partial charge in [-0.25, -0.2) is 0 Å². The molecule has 2 fully saturated rings. The van der Waals surface area contributed by atoms with Crippen LogP contribution >= 0.6 is 0 Å². The minimum Gasteiger partial charge on any atom is -0.316 e. The Morgan fingerprint density at radius 3 is 2.82 bits per heavy atom. The van der Waals surface area contributed by atoms with E-state index >= 15 is 0 Å². The van der Waals surface area contributed by atoms with Crippen molar-refractivity contribution in [3.05, 3.63) is 54.4 Å². The van der Waals surface area contributed by atoms with Crippen molar-refractivity contribution in [3.63, 3.8) is 0 Å². The highest BCUT2D eigenvalue weighted by molar-refractivity contribution is 5.63. The van der Waals surface area contributed by atoms with Gasteiger partial charge in [0.05, 0.1) is 0 Å². The van der Waals surface area contributed by atoms with Gasteiger partial charge in [0.25, 0.3) is 0 Å². The Morgan fingerprint density at radius 2 is 2.00 bits per heavy atom. The molecule has 1 unspecified atom stereocenters. The molecular weight excluding hydrogens is 270 g/mol. The third kappa shape index (κ3) is 2.79. The number of aromatic nitrogens is 1. The van der Waals surface area contributed by atoms with Crippen LogP contribution in [0.2, 0.25) is 0 Å². The molecule has 1 aromatic heterocycles. The summed E-state index contributed by atoms with van der Waals surface area (Å²) in [5.74, 6) is 0. The van der Waals surface area contributed by atoms with Crippen LogP contribution in [0, 0.1) is 5.41 Å². The molecule has 1 aromatic carbocycles. The van der Waals surface area contributed by atoms with Gasteiger partial charge < -0.3 is 5.32 Å². The van der Waals surface area contributed by atoms with Gasteiger partial charge in [-0.05, 0) is 66.2 Å². The van der Waals surface area contributed by atoms with Gasteiger partial charge in [0, 0.05) is 32.0 Å². The number of likely N-dealkylation sites (tertiary alicyclic amines) is 1. The van der Waals surface area contributed by atoms with E-state index in [1.54, 1.807) is 0 Å². The quantitative estimate of drug-likeness (QED) is 0.943. The fraction of sp³-hybridized carbons (Fsp3) is 0.421. The third-order valence-electron chi connectivity index (χ3n) is 5.20. The molecule has 0 amide bonds. The Hall–Kier alpha value is -1.71. The zero-order valence-electron chi connectivity index (χ0n) is 13.0. The van der Waals surface area contributed by atoms with E-state index in [-0.39, 0.29) is 0 Å². The lowest BCUT2D eigenvalue weighted by Crippen LogP contribution is -2.28. The number of pyridine rings is 1. The molecule has 2 aliphatic heterocycles. The van der Waals surface area contributed by atoms with Gasteiger partial charge in [-0.15, -0.1) is 0 Å². The van der Waals surface area contributed by atoms with Crippen molar-refractivity contribution in [2.45, 2.75) is 19.4 Å².